The highest BCUT2D eigenvalue weighted by Gasteiger charge is 2.21. The Morgan fingerprint density at radius 3 is 1.69 bits per heavy atom. The van der Waals surface area contributed by atoms with Crippen molar-refractivity contribution in [3.05, 3.63) is 59.7 Å². The van der Waals surface area contributed by atoms with Crippen molar-refractivity contribution in [3.63, 3.8) is 0 Å². The van der Waals surface area contributed by atoms with Gasteiger partial charge >= 0.3 is 11.9 Å². The van der Waals surface area contributed by atoms with Crippen molar-refractivity contribution in [2.75, 3.05) is 0 Å². The second-order valence-electron chi connectivity index (χ2n) is 4.87. The molecule has 2 aromatic carbocycles. The van der Waals surface area contributed by atoms with E-state index in [0.717, 1.165) is 36.4 Å². The van der Waals surface area contributed by atoms with Crippen LogP contribution in [0.2, 0.25) is 0 Å². The second kappa shape index (κ2) is 7.21. The standard InChI is InChI=1S/C14H12N2O8S2/c17-13(18)9-4-6-11(7-5-9)25(21,22)15-16-26(23,24)12-3-1-2-10(8-12)14(19)20/h1-8,15-16H,(H,17,18)(H,19,20). The number of nitrogens with one attached hydrogen (secondary N) is 2. The van der Waals surface area contributed by atoms with Gasteiger partial charge in [-0.2, -0.15) is 0 Å². The van der Waals surface area contributed by atoms with Gasteiger partial charge in [0.25, 0.3) is 20.0 Å². The molecule has 0 heterocycles. The van der Waals surface area contributed by atoms with Crippen LogP contribution in [-0.2, 0) is 20.0 Å². The number of hydrogen-bond acceptors (Lipinski definition) is 6. The SMILES string of the molecule is O=C(O)c1ccc(S(=O)(=O)NNS(=O)(=O)c2cccc(C(=O)O)c2)cc1. The van der Waals surface area contributed by atoms with Gasteiger partial charge < -0.3 is 10.2 Å². The van der Waals surface area contributed by atoms with E-state index in [1.807, 2.05) is 0 Å². The van der Waals surface area contributed by atoms with Crippen molar-refractivity contribution in [2.24, 2.45) is 0 Å². The van der Waals surface area contributed by atoms with Crippen LogP contribution in [0.15, 0.2) is 58.3 Å². The zero-order chi connectivity index (χ0) is 19.5. The number of hydrogen-bond donors (Lipinski definition) is 4. The van der Waals surface area contributed by atoms with E-state index in [0.29, 0.717) is 0 Å². The van der Waals surface area contributed by atoms with Crippen LogP contribution in [0.25, 0.3) is 0 Å². The molecule has 0 radical (unpaired) electrons. The fourth-order valence-corrected chi connectivity index (χ4v) is 3.95. The van der Waals surface area contributed by atoms with Crippen LogP contribution in [0.5, 0.6) is 0 Å². The number of hydrazine groups is 1. The Morgan fingerprint density at radius 2 is 1.19 bits per heavy atom. The molecule has 4 N–H and O–H groups in total. The molecule has 26 heavy (non-hydrogen) atoms. The number of rotatable bonds is 7. The van der Waals surface area contributed by atoms with Gasteiger partial charge in [0.15, 0.2) is 0 Å². The summed E-state index contributed by atoms with van der Waals surface area (Å²) in [6.07, 6.45) is 0. The van der Waals surface area contributed by atoms with Gasteiger partial charge in [-0.15, -0.1) is 9.66 Å². The Labute approximate surface area is 148 Å². The first-order valence-corrected chi connectivity index (χ1v) is 9.70. The minimum atomic E-state index is -4.38. The molecule has 0 unspecified atom stereocenters. The van der Waals surface area contributed by atoms with Gasteiger partial charge in [0, 0.05) is 0 Å². The molecule has 10 nitrogen and oxygen atoms in total. The van der Waals surface area contributed by atoms with Crippen LogP contribution in [0, 0.1) is 0 Å². The molecular weight excluding hydrogens is 388 g/mol. The third-order valence-electron chi connectivity index (χ3n) is 3.11. The number of carbonyl (C=O) groups is 2. The number of carboxylic acids is 2. The molecule has 0 aliphatic carbocycles. The molecule has 12 heteroatoms. The normalized spacial score (nSPS) is 11.8. The lowest BCUT2D eigenvalue weighted by atomic mass is 10.2. The van der Waals surface area contributed by atoms with Gasteiger partial charge in [-0.1, -0.05) is 6.07 Å². The van der Waals surface area contributed by atoms with E-state index in [1.54, 1.807) is 9.66 Å². The van der Waals surface area contributed by atoms with Gasteiger partial charge in [0.05, 0.1) is 20.9 Å². The topological polar surface area (TPSA) is 167 Å². The van der Waals surface area contributed by atoms with Gasteiger partial charge in [-0.25, -0.2) is 26.4 Å². The lowest BCUT2D eigenvalue weighted by Gasteiger charge is -2.10. The third kappa shape index (κ3) is 4.43. The van der Waals surface area contributed by atoms with Crippen molar-refractivity contribution < 1.29 is 36.6 Å². The molecule has 2 rings (SSSR count). The van der Waals surface area contributed by atoms with Crippen LogP contribution >= 0.6 is 0 Å². The summed E-state index contributed by atoms with van der Waals surface area (Å²) in [6.45, 7) is 0. The molecule has 0 aromatic heterocycles. The smallest absolute Gasteiger partial charge is 0.335 e. The zero-order valence-corrected chi connectivity index (χ0v) is 14.4. The second-order valence-corrected chi connectivity index (χ2v) is 8.24. The summed E-state index contributed by atoms with van der Waals surface area (Å²) < 4.78 is 48.4. The quantitative estimate of drug-likeness (QED) is 0.480. The summed E-state index contributed by atoms with van der Waals surface area (Å²) in [5.74, 6) is -2.60. The van der Waals surface area contributed by atoms with Crippen LogP contribution in [0.1, 0.15) is 20.7 Å². The fraction of sp³-hybridized carbons (Fsp3) is 0. The summed E-state index contributed by atoms with van der Waals surface area (Å²) in [6, 6.07) is 8.39. The lowest BCUT2D eigenvalue weighted by molar-refractivity contribution is 0.0686. The number of carboxylic acid groups (broad SMARTS) is 2. The molecule has 0 amide bonds. The fourth-order valence-electron chi connectivity index (χ4n) is 1.80. The van der Waals surface area contributed by atoms with Crippen LogP contribution in [0.4, 0.5) is 0 Å². The summed E-state index contributed by atoms with van der Waals surface area (Å²) in [4.78, 5) is 24.1. The van der Waals surface area contributed by atoms with E-state index in [2.05, 4.69) is 0 Å². The first-order valence-electron chi connectivity index (χ1n) is 6.73. The molecule has 0 fully saturated rings. The molecule has 0 spiro atoms. The zero-order valence-electron chi connectivity index (χ0n) is 12.8. The van der Waals surface area contributed by atoms with E-state index in [9.17, 15) is 26.4 Å². The molecule has 2 aromatic rings. The minimum Gasteiger partial charge on any atom is -0.478 e. The average molecular weight is 400 g/mol. The third-order valence-corrected chi connectivity index (χ3v) is 5.75. The lowest BCUT2D eigenvalue weighted by Crippen LogP contribution is -2.41. The Bertz CT molecular complexity index is 1060. The van der Waals surface area contributed by atoms with Crippen molar-refractivity contribution in [1.29, 1.82) is 0 Å². The molecule has 0 atom stereocenters. The summed E-state index contributed by atoms with van der Waals surface area (Å²) in [5, 5.41) is 17.7. The maximum Gasteiger partial charge on any atom is 0.335 e. The molecule has 0 aliphatic rings. The Morgan fingerprint density at radius 1 is 0.692 bits per heavy atom. The molecule has 0 saturated heterocycles. The van der Waals surface area contributed by atoms with E-state index >= 15 is 0 Å². The van der Waals surface area contributed by atoms with Crippen molar-refractivity contribution >= 4 is 32.0 Å². The maximum atomic E-state index is 12.1. The van der Waals surface area contributed by atoms with Gasteiger partial charge in [-0.05, 0) is 42.5 Å². The Balaban J connectivity index is 2.21. The predicted molar refractivity (Wildman–Crippen MR) is 87.4 cm³/mol. The molecule has 0 bridgehead atoms. The van der Waals surface area contributed by atoms with Crippen molar-refractivity contribution in [2.45, 2.75) is 9.79 Å². The van der Waals surface area contributed by atoms with Gasteiger partial charge in [0.2, 0.25) is 0 Å². The number of aromatic carboxylic acids is 2. The van der Waals surface area contributed by atoms with E-state index < -0.39 is 36.9 Å². The average Bonchev–Trinajstić information content (AvgIpc) is 2.60. The minimum absolute atomic E-state index is 0.144. The van der Waals surface area contributed by atoms with Crippen LogP contribution < -0.4 is 9.66 Å². The number of sulfonamides is 2. The maximum absolute atomic E-state index is 12.1. The summed E-state index contributed by atoms with van der Waals surface area (Å²) in [5.41, 5.74) is -0.435. The van der Waals surface area contributed by atoms with Crippen LogP contribution in [-0.4, -0.2) is 39.0 Å². The van der Waals surface area contributed by atoms with E-state index in [1.165, 1.54) is 12.1 Å². The summed E-state index contributed by atoms with van der Waals surface area (Å²) >= 11 is 0. The first-order chi connectivity index (χ1) is 12.0. The van der Waals surface area contributed by atoms with Gasteiger partial charge in [-0.3, -0.25) is 0 Å². The van der Waals surface area contributed by atoms with Crippen LogP contribution in [0.3, 0.4) is 0 Å². The van der Waals surface area contributed by atoms with Gasteiger partial charge in [0.1, 0.15) is 0 Å². The number of benzene rings is 2. The molecule has 0 saturated carbocycles. The predicted octanol–water partition coefficient (Wildman–Crippen LogP) is 0.255. The monoisotopic (exact) mass is 400 g/mol. The largest absolute Gasteiger partial charge is 0.478 e. The highest BCUT2D eigenvalue weighted by molar-refractivity contribution is 7.92. The van der Waals surface area contributed by atoms with Crippen molar-refractivity contribution in [3.8, 4) is 0 Å². The molecule has 0 aliphatic heterocycles. The first kappa shape index (κ1) is 19.5. The van der Waals surface area contributed by atoms with E-state index in [4.69, 9.17) is 10.2 Å². The highest BCUT2D eigenvalue weighted by Crippen LogP contribution is 2.13. The van der Waals surface area contributed by atoms with E-state index in [-0.39, 0.29) is 16.0 Å². The summed E-state index contributed by atoms with van der Waals surface area (Å²) in [7, 11) is -8.70. The molecule has 138 valence electrons. The Kier molecular flexibility index (Phi) is 5.41. The van der Waals surface area contributed by atoms with Crippen molar-refractivity contribution in [1.82, 2.24) is 9.66 Å². The highest BCUT2D eigenvalue weighted by atomic mass is 32.2. The molecular formula is C14H12N2O8S2. The Hall–Kier alpha value is -2.80.